The number of nitrogens with two attached hydrogens (primary N) is 1. The Kier molecular flexibility index (Phi) is 6.55. The summed E-state index contributed by atoms with van der Waals surface area (Å²) >= 11 is 3.50. The van der Waals surface area contributed by atoms with E-state index in [1.54, 1.807) is 0 Å². The van der Waals surface area contributed by atoms with Gasteiger partial charge in [-0.15, -0.1) is 0 Å². The average Bonchev–Trinajstić information content (AvgIpc) is 2.36. The zero-order valence-electron chi connectivity index (χ0n) is 10.6. The van der Waals surface area contributed by atoms with Crippen molar-refractivity contribution in [2.75, 3.05) is 26.2 Å². The lowest BCUT2D eigenvalue weighted by Gasteiger charge is -2.18. The van der Waals surface area contributed by atoms with Crippen LogP contribution in [0.2, 0.25) is 0 Å². The maximum absolute atomic E-state index is 5.74. The van der Waals surface area contributed by atoms with Gasteiger partial charge in [0.25, 0.3) is 0 Å². The van der Waals surface area contributed by atoms with Crippen molar-refractivity contribution in [3.63, 3.8) is 0 Å². The molecule has 3 nitrogen and oxygen atoms in total. The Hall–Kier alpha value is -0.580. The van der Waals surface area contributed by atoms with Gasteiger partial charge in [-0.2, -0.15) is 0 Å². The van der Waals surface area contributed by atoms with E-state index in [2.05, 4.69) is 34.7 Å². The van der Waals surface area contributed by atoms with Crippen LogP contribution in [0, 0.1) is 0 Å². The monoisotopic (exact) mass is 300 g/mol. The van der Waals surface area contributed by atoms with E-state index >= 15 is 0 Å². The molecule has 96 valence electrons. The van der Waals surface area contributed by atoms with Gasteiger partial charge in [-0.25, -0.2) is 0 Å². The summed E-state index contributed by atoms with van der Waals surface area (Å²) in [5, 5.41) is 0. The summed E-state index contributed by atoms with van der Waals surface area (Å²) in [7, 11) is 0. The lowest BCUT2D eigenvalue weighted by atomic mass is 10.2. The number of hydrogen-bond donors (Lipinski definition) is 1. The van der Waals surface area contributed by atoms with Crippen LogP contribution in [0.15, 0.2) is 22.7 Å². The van der Waals surface area contributed by atoms with Crippen LogP contribution in [-0.4, -0.2) is 31.1 Å². The summed E-state index contributed by atoms with van der Waals surface area (Å²) in [6.45, 7) is 8.67. The number of benzene rings is 1. The number of nitrogens with zero attached hydrogens (tertiary/aromatic N) is 1. The molecule has 4 heteroatoms. The third-order valence-corrected chi connectivity index (χ3v) is 3.41. The normalized spacial score (nSPS) is 10.9. The Balaban J connectivity index is 2.46. The second kappa shape index (κ2) is 7.69. The van der Waals surface area contributed by atoms with Gasteiger partial charge >= 0.3 is 0 Å². The van der Waals surface area contributed by atoms with E-state index in [4.69, 9.17) is 10.5 Å². The maximum Gasteiger partial charge on any atom is 0.133 e. The molecule has 0 saturated carbocycles. The van der Waals surface area contributed by atoms with Gasteiger partial charge in [-0.3, -0.25) is 0 Å². The average molecular weight is 301 g/mol. The maximum atomic E-state index is 5.74. The Morgan fingerprint density at radius 2 is 2.00 bits per heavy atom. The molecule has 0 atom stereocenters. The molecule has 0 spiro atoms. The first-order valence-corrected chi connectivity index (χ1v) is 6.84. The summed E-state index contributed by atoms with van der Waals surface area (Å²) in [5.41, 5.74) is 6.68. The molecule has 1 aromatic carbocycles. The second-order valence-electron chi connectivity index (χ2n) is 3.84. The summed E-state index contributed by atoms with van der Waals surface area (Å²) in [4.78, 5) is 2.34. The summed E-state index contributed by atoms with van der Waals surface area (Å²) in [6, 6.07) is 5.97. The van der Waals surface area contributed by atoms with Gasteiger partial charge < -0.3 is 15.4 Å². The SMILES string of the molecule is CCN(CC)CCOc1ccc(CN)cc1Br. The van der Waals surface area contributed by atoms with Gasteiger partial charge in [0, 0.05) is 13.1 Å². The molecule has 0 amide bonds. The predicted molar refractivity (Wildman–Crippen MR) is 75.3 cm³/mol. The number of ether oxygens (including phenoxy) is 1. The third-order valence-electron chi connectivity index (χ3n) is 2.79. The van der Waals surface area contributed by atoms with Crippen LogP contribution >= 0.6 is 15.9 Å². The van der Waals surface area contributed by atoms with Gasteiger partial charge in [-0.05, 0) is 46.7 Å². The molecular weight excluding hydrogens is 280 g/mol. The smallest absolute Gasteiger partial charge is 0.133 e. The molecule has 0 bridgehead atoms. The Labute approximate surface area is 112 Å². The number of hydrogen-bond acceptors (Lipinski definition) is 3. The van der Waals surface area contributed by atoms with Crippen molar-refractivity contribution in [3.8, 4) is 5.75 Å². The van der Waals surface area contributed by atoms with Gasteiger partial charge in [0.05, 0.1) is 4.47 Å². The molecular formula is C13H21BrN2O. The summed E-state index contributed by atoms with van der Waals surface area (Å²) < 4.78 is 6.71. The zero-order chi connectivity index (χ0) is 12.7. The van der Waals surface area contributed by atoms with Gasteiger partial charge in [0.2, 0.25) is 0 Å². The van der Waals surface area contributed by atoms with Crippen molar-refractivity contribution >= 4 is 15.9 Å². The van der Waals surface area contributed by atoms with E-state index in [0.717, 1.165) is 35.4 Å². The highest BCUT2D eigenvalue weighted by Crippen LogP contribution is 2.25. The summed E-state index contributed by atoms with van der Waals surface area (Å²) in [5.74, 6) is 0.884. The summed E-state index contributed by atoms with van der Waals surface area (Å²) in [6.07, 6.45) is 0. The third kappa shape index (κ3) is 4.66. The molecule has 17 heavy (non-hydrogen) atoms. The van der Waals surface area contributed by atoms with E-state index in [1.807, 2.05) is 18.2 Å². The van der Waals surface area contributed by atoms with Crippen LogP contribution in [0.25, 0.3) is 0 Å². The van der Waals surface area contributed by atoms with E-state index in [9.17, 15) is 0 Å². The molecule has 0 saturated heterocycles. The predicted octanol–water partition coefficient (Wildman–Crippen LogP) is 2.63. The fourth-order valence-corrected chi connectivity index (χ4v) is 2.15. The minimum absolute atomic E-state index is 0.554. The van der Waals surface area contributed by atoms with Crippen LogP contribution in [-0.2, 0) is 6.54 Å². The van der Waals surface area contributed by atoms with Crippen molar-refractivity contribution in [2.24, 2.45) is 5.73 Å². The quantitative estimate of drug-likeness (QED) is 0.841. The van der Waals surface area contributed by atoms with E-state index in [0.29, 0.717) is 13.2 Å². The topological polar surface area (TPSA) is 38.5 Å². The number of halogens is 1. The molecule has 0 aliphatic heterocycles. The first kappa shape index (κ1) is 14.5. The lowest BCUT2D eigenvalue weighted by molar-refractivity contribution is 0.222. The van der Waals surface area contributed by atoms with Crippen LogP contribution in [0.4, 0.5) is 0 Å². The van der Waals surface area contributed by atoms with Gasteiger partial charge in [-0.1, -0.05) is 19.9 Å². The molecule has 1 aromatic rings. The largest absolute Gasteiger partial charge is 0.491 e. The van der Waals surface area contributed by atoms with Crippen molar-refractivity contribution in [1.82, 2.24) is 4.90 Å². The van der Waals surface area contributed by atoms with Crippen LogP contribution in [0.3, 0.4) is 0 Å². The minimum Gasteiger partial charge on any atom is -0.491 e. The first-order valence-electron chi connectivity index (χ1n) is 6.04. The Morgan fingerprint density at radius 1 is 1.29 bits per heavy atom. The number of likely N-dealkylation sites (N-methyl/N-ethyl adjacent to an activating group) is 1. The van der Waals surface area contributed by atoms with Crippen LogP contribution in [0.1, 0.15) is 19.4 Å². The van der Waals surface area contributed by atoms with Crippen molar-refractivity contribution in [1.29, 1.82) is 0 Å². The Bertz CT molecular complexity index is 340. The van der Waals surface area contributed by atoms with Gasteiger partial charge in [0.1, 0.15) is 12.4 Å². The molecule has 0 unspecified atom stereocenters. The molecule has 0 fully saturated rings. The minimum atomic E-state index is 0.554. The van der Waals surface area contributed by atoms with Crippen molar-refractivity contribution < 1.29 is 4.74 Å². The van der Waals surface area contributed by atoms with Crippen LogP contribution < -0.4 is 10.5 Å². The highest BCUT2D eigenvalue weighted by Gasteiger charge is 2.03. The van der Waals surface area contributed by atoms with E-state index in [-0.39, 0.29) is 0 Å². The van der Waals surface area contributed by atoms with E-state index in [1.165, 1.54) is 0 Å². The van der Waals surface area contributed by atoms with Gasteiger partial charge in [0.15, 0.2) is 0 Å². The number of rotatable bonds is 7. The fraction of sp³-hybridized carbons (Fsp3) is 0.538. The standard InChI is InChI=1S/C13H21BrN2O/c1-3-16(4-2)7-8-17-13-6-5-11(10-15)9-12(13)14/h5-6,9H,3-4,7-8,10,15H2,1-2H3. The highest BCUT2D eigenvalue weighted by atomic mass is 79.9. The molecule has 0 aliphatic rings. The second-order valence-corrected chi connectivity index (χ2v) is 4.70. The molecule has 0 radical (unpaired) electrons. The molecule has 2 N–H and O–H groups in total. The highest BCUT2D eigenvalue weighted by molar-refractivity contribution is 9.10. The molecule has 0 aliphatic carbocycles. The zero-order valence-corrected chi connectivity index (χ0v) is 12.2. The van der Waals surface area contributed by atoms with Crippen molar-refractivity contribution in [3.05, 3.63) is 28.2 Å². The van der Waals surface area contributed by atoms with E-state index < -0.39 is 0 Å². The molecule has 0 aromatic heterocycles. The Morgan fingerprint density at radius 3 is 2.53 bits per heavy atom. The van der Waals surface area contributed by atoms with Crippen LogP contribution in [0.5, 0.6) is 5.75 Å². The first-order chi connectivity index (χ1) is 8.21. The fourth-order valence-electron chi connectivity index (χ4n) is 1.61. The molecule has 1 rings (SSSR count). The lowest BCUT2D eigenvalue weighted by Crippen LogP contribution is -2.27. The van der Waals surface area contributed by atoms with Crippen molar-refractivity contribution in [2.45, 2.75) is 20.4 Å². The molecule has 0 heterocycles.